The highest BCUT2D eigenvalue weighted by atomic mass is 32.2. The first-order chi connectivity index (χ1) is 8.23. The molecule has 0 bridgehead atoms. The second-order valence-corrected chi connectivity index (χ2v) is 5.45. The molecular weight excluding hydrogens is 268 g/mol. The van der Waals surface area contributed by atoms with Crippen molar-refractivity contribution in [2.45, 2.75) is 31.4 Å². The number of ether oxygens (including phenoxy) is 1. The molecule has 0 spiro atoms. The summed E-state index contributed by atoms with van der Waals surface area (Å²) in [4.78, 5) is 21.9. The third-order valence-electron chi connectivity index (χ3n) is 2.22. The van der Waals surface area contributed by atoms with Crippen molar-refractivity contribution in [1.82, 2.24) is 5.32 Å². The van der Waals surface area contributed by atoms with Crippen molar-refractivity contribution < 1.29 is 27.3 Å². The van der Waals surface area contributed by atoms with Crippen LogP contribution in [0.5, 0.6) is 0 Å². The van der Waals surface area contributed by atoms with Crippen LogP contribution in [0.2, 0.25) is 0 Å². The normalized spacial score (nSPS) is 14.7. The van der Waals surface area contributed by atoms with Crippen molar-refractivity contribution in [1.29, 1.82) is 0 Å². The lowest BCUT2D eigenvalue weighted by molar-refractivity contribution is -0.177. The zero-order valence-corrected chi connectivity index (χ0v) is 11.3. The molecule has 0 rings (SSSR count). The van der Waals surface area contributed by atoms with Gasteiger partial charge in [-0.15, -0.1) is 0 Å². The average molecular weight is 285 g/mol. The molecule has 2 atom stereocenters. The minimum atomic E-state index is -4.19. The third-order valence-corrected chi connectivity index (χ3v) is 3.59. The molecule has 8 heteroatoms. The standard InChI is InChI=1S/C10H17F2NO4S/c1-4-17-9(15)10(11,12)8(14)13-6-5-7(2)18(3)16/h7H,4-6H2,1-3H3,(H,13,14). The first-order valence-electron chi connectivity index (χ1n) is 5.39. The molecule has 1 N–H and O–H groups in total. The van der Waals surface area contributed by atoms with Gasteiger partial charge in [-0.25, -0.2) is 4.79 Å². The number of carbonyl (C=O) groups is 2. The van der Waals surface area contributed by atoms with Gasteiger partial charge >= 0.3 is 17.8 Å². The predicted octanol–water partition coefficient (Wildman–Crippen LogP) is 0.458. The van der Waals surface area contributed by atoms with Gasteiger partial charge in [-0.3, -0.25) is 9.00 Å². The average Bonchev–Trinajstić information content (AvgIpc) is 2.28. The Balaban J connectivity index is 4.24. The number of amides is 1. The van der Waals surface area contributed by atoms with Gasteiger partial charge in [0, 0.05) is 28.9 Å². The van der Waals surface area contributed by atoms with Crippen molar-refractivity contribution in [3.05, 3.63) is 0 Å². The fraction of sp³-hybridized carbons (Fsp3) is 0.800. The number of nitrogens with one attached hydrogen (secondary N) is 1. The SMILES string of the molecule is CCOC(=O)C(F)(F)C(=O)NCCC(C)S(C)=O. The molecule has 0 heterocycles. The van der Waals surface area contributed by atoms with Crippen LogP contribution in [-0.2, 0) is 25.1 Å². The highest BCUT2D eigenvalue weighted by Gasteiger charge is 2.48. The summed E-state index contributed by atoms with van der Waals surface area (Å²) >= 11 is 0. The molecule has 0 aliphatic rings. The Hall–Kier alpha value is -1.05. The molecule has 0 fully saturated rings. The Labute approximate surface area is 107 Å². The van der Waals surface area contributed by atoms with Gasteiger partial charge < -0.3 is 10.1 Å². The minimum Gasteiger partial charge on any atom is -0.461 e. The summed E-state index contributed by atoms with van der Waals surface area (Å²) in [6.45, 7) is 2.73. The third kappa shape index (κ3) is 5.07. The van der Waals surface area contributed by atoms with Crippen molar-refractivity contribution in [3.8, 4) is 0 Å². The van der Waals surface area contributed by atoms with E-state index in [1.54, 1.807) is 6.92 Å². The zero-order chi connectivity index (χ0) is 14.3. The molecule has 0 aromatic carbocycles. The van der Waals surface area contributed by atoms with E-state index in [1.165, 1.54) is 13.2 Å². The summed E-state index contributed by atoms with van der Waals surface area (Å²) < 4.78 is 41.3. The van der Waals surface area contributed by atoms with Crippen LogP contribution < -0.4 is 5.32 Å². The molecule has 0 saturated carbocycles. The highest BCUT2D eigenvalue weighted by Crippen LogP contribution is 2.15. The van der Waals surface area contributed by atoms with Crippen molar-refractivity contribution in [2.75, 3.05) is 19.4 Å². The summed E-state index contributed by atoms with van der Waals surface area (Å²) in [5, 5.41) is 1.70. The van der Waals surface area contributed by atoms with E-state index < -0.39 is 28.6 Å². The van der Waals surface area contributed by atoms with Crippen LogP contribution in [0.25, 0.3) is 0 Å². The Morgan fingerprint density at radius 2 is 2.00 bits per heavy atom. The Morgan fingerprint density at radius 3 is 2.44 bits per heavy atom. The predicted molar refractivity (Wildman–Crippen MR) is 62.7 cm³/mol. The zero-order valence-electron chi connectivity index (χ0n) is 10.5. The van der Waals surface area contributed by atoms with Gasteiger partial charge in [0.2, 0.25) is 0 Å². The monoisotopic (exact) mass is 285 g/mol. The molecule has 18 heavy (non-hydrogen) atoms. The van der Waals surface area contributed by atoms with Crippen LogP contribution in [-0.4, -0.2) is 46.7 Å². The van der Waals surface area contributed by atoms with E-state index in [2.05, 4.69) is 4.74 Å². The molecule has 0 saturated heterocycles. The lowest BCUT2D eigenvalue weighted by atomic mass is 10.3. The lowest BCUT2D eigenvalue weighted by Crippen LogP contribution is -2.47. The Bertz CT molecular complexity index is 336. The fourth-order valence-electron chi connectivity index (χ4n) is 0.980. The molecule has 0 aromatic heterocycles. The van der Waals surface area contributed by atoms with Crippen molar-refractivity contribution in [3.63, 3.8) is 0 Å². The summed E-state index contributed by atoms with van der Waals surface area (Å²) in [7, 11) is -1.09. The molecule has 0 aliphatic heterocycles. The van der Waals surface area contributed by atoms with Gasteiger partial charge in [-0.05, 0) is 13.3 Å². The maximum absolute atomic E-state index is 13.1. The smallest absolute Gasteiger partial charge is 0.418 e. The number of halogens is 2. The Morgan fingerprint density at radius 1 is 1.44 bits per heavy atom. The summed E-state index contributed by atoms with van der Waals surface area (Å²) in [5.41, 5.74) is 0. The van der Waals surface area contributed by atoms with Crippen LogP contribution in [0.3, 0.4) is 0 Å². The second-order valence-electron chi connectivity index (χ2n) is 3.65. The van der Waals surface area contributed by atoms with Crippen molar-refractivity contribution in [2.24, 2.45) is 0 Å². The maximum atomic E-state index is 13.1. The molecule has 2 unspecified atom stereocenters. The quantitative estimate of drug-likeness (QED) is 0.545. The number of rotatable bonds is 7. The lowest BCUT2D eigenvalue weighted by Gasteiger charge is -2.15. The number of hydrogen-bond donors (Lipinski definition) is 1. The largest absolute Gasteiger partial charge is 0.461 e. The van der Waals surface area contributed by atoms with E-state index in [9.17, 15) is 22.6 Å². The van der Waals surface area contributed by atoms with Gasteiger partial charge in [0.25, 0.3) is 0 Å². The topological polar surface area (TPSA) is 72.5 Å². The van der Waals surface area contributed by atoms with Gasteiger partial charge in [0.1, 0.15) is 0 Å². The molecule has 0 aromatic rings. The van der Waals surface area contributed by atoms with Gasteiger partial charge in [0.05, 0.1) is 6.61 Å². The number of hydrogen-bond acceptors (Lipinski definition) is 4. The first kappa shape index (κ1) is 16.9. The summed E-state index contributed by atoms with van der Waals surface area (Å²) in [5.74, 6) is -7.76. The molecule has 0 radical (unpaired) electrons. The van der Waals surface area contributed by atoms with Gasteiger partial charge in [0.15, 0.2) is 0 Å². The second kappa shape index (κ2) is 7.40. The van der Waals surface area contributed by atoms with E-state index in [0.29, 0.717) is 0 Å². The van der Waals surface area contributed by atoms with Gasteiger partial charge in [-0.2, -0.15) is 8.78 Å². The van der Waals surface area contributed by atoms with Crippen LogP contribution in [0.15, 0.2) is 0 Å². The fourth-order valence-corrected chi connectivity index (χ4v) is 1.43. The number of esters is 1. The number of alkyl halides is 2. The van der Waals surface area contributed by atoms with E-state index in [-0.39, 0.29) is 24.8 Å². The maximum Gasteiger partial charge on any atom is 0.418 e. The summed E-state index contributed by atoms with van der Waals surface area (Å²) in [6, 6.07) is 0. The Kier molecular flexibility index (Phi) is 6.97. The molecule has 1 amide bonds. The van der Waals surface area contributed by atoms with E-state index in [4.69, 9.17) is 0 Å². The van der Waals surface area contributed by atoms with Crippen molar-refractivity contribution >= 4 is 22.7 Å². The van der Waals surface area contributed by atoms with Crippen LogP contribution in [0.4, 0.5) is 8.78 Å². The van der Waals surface area contributed by atoms with Crippen LogP contribution in [0.1, 0.15) is 20.3 Å². The van der Waals surface area contributed by atoms with E-state index in [0.717, 1.165) is 0 Å². The van der Waals surface area contributed by atoms with Crippen LogP contribution in [0, 0.1) is 0 Å². The minimum absolute atomic E-state index is 0.0748. The summed E-state index contributed by atoms with van der Waals surface area (Å²) in [6.07, 6.45) is 1.77. The highest BCUT2D eigenvalue weighted by molar-refractivity contribution is 7.84. The first-order valence-corrected chi connectivity index (χ1v) is 7.01. The molecule has 106 valence electrons. The number of carbonyl (C=O) groups excluding carboxylic acids is 2. The van der Waals surface area contributed by atoms with E-state index >= 15 is 0 Å². The molecular formula is C10H17F2NO4S. The molecule has 0 aliphatic carbocycles. The van der Waals surface area contributed by atoms with E-state index in [1.807, 2.05) is 5.32 Å². The van der Waals surface area contributed by atoms with Gasteiger partial charge in [-0.1, -0.05) is 6.92 Å². The molecule has 5 nitrogen and oxygen atoms in total. The van der Waals surface area contributed by atoms with Crippen LogP contribution >= 0.6 is 0 Å².